The predicted octanol–water partition coefficient (Wildman–Crippen LogP) is 3.28. The van der Waals surface area contributed by atoms with Crippen LogP contribution in [-0.2, 0) is 4.79 Å². The van der Waals surface area contributed by atoms with Gasteiger partial charge in [0.15, 0.2) is 6.61 Å². The van der Waals surface area contributed by atoms with Crippen molar-refractivity contribution in [3.63, 3.8) is 0 Å². The Hall–Kier alpha value is -0.680. The van der Waals surface area contributed by atoms with Crippen LogP contribution in [0.5, 0.6) is 5.75 Å². The predicted molar refractivity (Wildman–Crippen MR) is 89.6 cm³/mol. The molecule has 1 amide bonds. The fourth-order valence-corrected chi connectivity index (χ4v) is 2.12. The van der Waals surface area contributed by atoms with Gasteiger partial charge in [-0.05, 0) is 24.5 Å². The monoisotopic (exact) mass is 354 g/mol. The van der Waals surface area contributed by atoms with Gasteiger partial charge in [-0.25, -0.2) is 0 Å². The lowest BCUT2D eigenvalue weighted by Gasteiger charge is -2.19. The fraction of sp³-hybridized carbons (Fsp3) is 0.500. The number of ether oxygens (including phenoxy) is 1. The number of hydrogen-bond acceptors (Lipinski definition) is 3. The van der Waals surface area contributed by atoms with Crippen molar-refractivity contribution in [3.05, 3.63) is 28.2 Å². The third-order valence-corrected chi connectivity index (χ3v) is 3.20. The van der Waals surface area contributed by atoms with Gasteiger partial charge < -0.3 is 15.8 Å². The molecule has 0 aliphatic carbocycles. The van der Waals surface area contributed by atoms with Crippen molar-refractivity contribution in [2.24, 2.45) is 11.7 Å². The molecule has 0 fully saturated rings. The van der Waals surface area contributed by atoms with Crippen LogP contribution in [0, 0.1) is 5.92 Å². The number of rotatable bonds is 7. The topological polar surface area (TPSA) is 64.3 Å². The Kier molecular flexibility index (Phi) is 9.79. The summed E-state index contributed by atoms with van der Waals surface area (Å²) in [5.41, 5.74) is 5.63. The number of amides is 1. The highest BCUT2D eigenvalue weighted by Crippen LogP contribution is 2.27. The molecule has 0 aliphatic rings. The second-order valence-corrected chi connectivity index (χ2v) is 5.84. The molecule has 1 unspecified atom stereocenters. The summed E-state index contributed by atoms with van der Waals surface area (Å²) in [5, 5.41) is 3.76. The lowest BCUT2D eigenvalue weighted by atomic mass is 10.0. The lowest BCUT2D eigenvalue weighted by Crippen LogP contribution is -2.43. The molecule has 0 radical (unpaired) electrons. The van der Waals surface area contributed by atoms with Gasteiger partial charge in [-0.1, -0.05) is 37.0 Å². The second kappa shape index (κ2) is 10.1. The van der Waals surface area contributed by atoms with E-state index in [0.29, 0.717) is 28.3 Å². The molecule has 0 spiro atoms. The van der Waals surface area contributed by atoms with Crippen LogP contribution in [0.1, 0.15) is 20.3 Å². The van der Waals surface area contributed by atoms with E-state index in [1.165, 1.54) is 0 Å². The molecule has 0 heterocycles. The Bertz CT molecular complexity index is 456. The fourth-order valence-electron chi connectivity index (χ4n) is 1.78. The van der Waals surface area contributed by atoms with Gasteiger partial charge in [-0.3, -0.25) is 4.79 Å². The standard InChI is InChI=1S/C14H20Cl2N2O2.ClH/c1-9(2)5-11(7-17)18-14(19)8-20-13-6-10(15)3-4-12(13)16;/h3-4,6,9,11H,5,7-8,17H2,1-2H3,(H,18,19);1H. The third kappa shape index (κ3) is 7.77. The highest BCUT2D eigenvalue weighted by molar-refractivity contribution is 6.34. The number of carbonyl (C=O) groups is 1. The van der Waals surface area contributed by atoms with Crippen LogP contribution in [0.3, 0.4) is 0 Å². The summed E-state index contributed by atoms with van der Waals surface area (Å²) in [4.78, 5) is 11.8. The Morgan fingerprint density at radius 1 is 1.38 bits per heavy atom. The molecule has 0 saturated carbocycles. The van der Waals surface area contributed by atoms with Crippen molar-refractivity contribution >= 4 is 41.5 Å². The smallest absolute Gasteiger partial charge is 0.258 e. The Morgan fingerprint density at radius 3 is 2.62 bits per heavy atom. The van der Waals surface area contributed by atoms with Gasteiger partial charge in [-0.15, -0.1) is 12.4 Å². The Balaban J connectivity index is 0.00000400. The molecule has 21 heavy (non-hydrogen) atoms. The molecule has 1 atom stereocenters. The van der Waals surface area contributed by atoms with Gasteiger partial charge in [0, 0.05) is 23.7 Å². The van der Waals surface area contributed by atoms with Gasteiger partial charge in [0.25, 0.3) is 5.91 Å². The number of nitrogens with two attached hydrogens (primary N) is 1. The van der Waals surface area contributed by atoms with E-state index in [9.17, 15) is 4.79 Å². The zero-order chi connectivity index (χ0) is 15.1. The van der Waals surface area contributed by atoms with E-state index in [2.05, 4.69) is 19.2 Å². The van der Waals surface area contributed by atoms with Crippen LogP contribution in [-0.4, -0.2) is 25.1 Å². The lowest BCUT2D eigenvalue weighted by molar-refractivity contribution is -0.123. The summed E-state index contributed by atoms with van der Waals surface area (Å²) in [6.45, 7) is 4.45. The van der Waals surface area contributed by atoms with Crippen LogP contribution in [0.2, 0.25) is 10.0 Å². The van der Waals surface area contributed by atoms with Gasteiger partial charge in [0.05, 0.1) is 5.02 Å². The minimum absolute atomic E-state index is 0. The number of carbonyl (C=O) groups excluding carboxylic acids is 1. The van der Waals surface area contributed by atoms with Crippen molar-refractivity contribution in [2.45, 2.75) is 26.3 Å². The Labute approximate surface area is 141 Å². The summed E-state index contributed by atoms with van der Waals surface area (Å²) in [5.74, 6) is 0.631. The number of halogens is 3. The third-order valence-electron chi connectivity index (χ3n) is 2.66. The Morgan fingerprint density at radius 2 is 2.05 bits per heavy atom. The molecule has 1 rings (SSSR count). The first-order chi connectivity index (χ1) is 9.42. The first-order valence-corrected chi connectivity index (χ1v) is 7.25. The van der Waals surface area contributed by atoms with Crippen LogP contribution in [0.25, 0.3) is 0 Å². The molecule has 7 heteroatoms. The van der Waals surface area contributed by atoms with Crippen LogP contribution < -0.4 is 15.8 Å². The first-order valence-electron chi connectivity index (χ1n) is 6.49. The first kappa shape index (κ1) is 20.3. The minimum Gasteiger partial charge on any atom is -0.482 e. The van der Waals surface area contributed by atoms with E-state index < -0.39 is 0 Å². The highest BCUT2D eigenvalue weighted by atomic mass is 35.5. The molecule has 0 saturated heterocycles. The van der Waals surface area contributed by atoms with Crippen LogP contribution >= 0.6 is 35.6 Å². The van der Waals surface area contributed by atoms with E-state index in [4.69, 9.17) is 33.7 Å². The SMILES string of the molecule is CC(C)CC(CN)NC(=O)COc1cc(Cl)ccc1Cl.Cl. The van der Waals surface area contributed by atoms with E-state index >= 15 is 0 Å². The van der Waals surface area contributed by atoms with Crippen molar-refractivity contribution in [3.8, 4) is 5.75 Å². The van der Waals surface area contributed by atoms with E-state index in [-0.39, 0.29) is 31.0 Å². The second-order valence-electron chi connectivity index (χ2n) is 4.99. The zero-order valence-corrected chi connectivity index (χ0v) is 14.4. The largest absolute Gasteiger partial charge is 0.482 e. The summed E-state index contributed by atoms with van der Waals surface area (Å²) >= 11 is 11.8. The van der Waals surface area contributed by atoms with E-state index in [0.717, 1.165) is 6.42 Å². The maximum Gasteiger partial charge on any atom is 0.258 e. The quantitative estimate of drug-likeness (QED) is 0.789. The van der Waals surface area contributed by atoms with Gasteiger partial charge in [0.2, 0.25) is 0 Å². The summed E-state index contributed by atoms with van der Waals surface area (Å²) < 4.78 is 5.36. The van der Waals surface area contributed by atoms with Crippen LogP contribution in [0.4, 0.5) is 0 Å². The van der Waals surface area contributed by atoms with E-state index in [1.807, 2.05) is 0 Å². The van der Waals surface area contributed by atoms with E-state index in [1.54, 1.807) is 18.2 Å². The molecule has 4 nitrogen and oxygen atoms in total. The molecule has 1 aromatic carbocycles. The minimum atomic E-state index is -0.225. The molecule has 0 bridgehead atoms. The molecule has 3 N–H and O–H groups in total. The van der Waals surface area contributed by atoms with Crippen molar-refractivity contribution < 1.29 is 9.53 Å². The highest BCUT2D eigenvalue weighted by Gasteiger charge is 2.13. The van der Waals surface area contributed by atoms with Crippen LogP contribution in [0.15, 0.2) is 18.2 Å². The zero-order valence-electron chi connectivity index (χ0n) is 12.1. The van der Waals surface area contributed by atoms with Gasteiger partial charge in [-0.2, -0.15) is 0 Å². The molecule has 1 aromatic rings. The normalized spacial score (nSPS) is 11.7. The average Bonchev–Trinajstić information content (AvgIpc) is 2.38. The number of benzene rings is 1. The summed E-state index contributed by atoms with van der Waals surface area (Å²) in [6, 6.07) is 4.81. The summed E-state index contributed by atoms with van der Waals surface area (Å²) in [7, 11) is 0. The van der Waals surface area contributed by atoms with Crippen molar-refractivity contribution in [2.75, 3.05) is 13.2 Å². The van der Waals surface area contributed by atoms with Crippen molar-refractivity contribution in [1.29, 1.82) is 0 Å². The maximum atomic E-state index is 11.8. The van der Waals surface area contributed by atoms with Gasteiger partial charge >= 0.3 is 0 Å². The number of nitrogens with one attached hydrogen (secondary N) is 1. The van der Waals surface area contributed by atoms with Gasteiger partial charge in [0.1, 0.15) is 5.75 Å². The average molecular weight is 356 g/mol. The van der Waals surface area contributed by atoms with Crippen molar-refractivity contribution in [1.82, 2.24) is 5.32 Å². The molecule has 0 aliphatic heterocycles. The number of hydrogen-bond donors (Lipinski definition) is 2. The molecule has 0 aromatic heterocycles. The molecule has 120 valence electrons. The molecular weight excluding hydrogens is 335 g/mol. The molecular formula is C14H21Cl3N2O2. The maximum absolute atomic E-state index is 11.8. The summed E-state index contributed by atoms with van der Waals surface area (Å²) in [6.07, 6.45) is 0.833.